The number of H-pyrrole nitrogens is 1. The van der Waals surface area contributed by atoms with Crippen LogP contribution >= 0.6 is 0 Å². The summed E-state index contributed by atoms with van der Waals surface area (Å²) in [5.41, 5.74) is 2.53. The molecule has 0 spiro atoms. The van der Waals surface area contributed by atoms with Crippen molar-refractivity contribution in [1.82, 2.24) is 24.8 Å². The smallest absolute Gasteiger partial charge is 0.230 e. The van der Waals surface area contributed by atoms with Crippen LogP contribution in [0.3, 0.4) is 0 Å². The number of aromatic amines is 1. The van der Waals surface area contributed by atoms with Gasteiger partial charge in [0.05, 0.1) is 23.8 Å². The zero-order valence-corrected chi connectivity index (χ0v) is 18.9. The lowest BCUT2D eigenvalue weighted by Gasteiger charge is -2.17. The second-order valence-electron chi connectivity index (χ2n) is 7.86. The van der Waals surface area contributed by atoms with E-state index in [2.05, 4.69) is 19.9 Å². The summed E-state index contributed by atoms with van der Waals surface area (Å²) in [7, 11) is -3.45. The number of ether oxygens (including phenoxy) is 1. The van der Waals surface area contributed by atoms with Crippen molar-refractivity contribution >= 4 is 32.7 Å². The molecule has 1 aliphatic heterocycles. The zero-order valence-electron chi connectivity index (χ0n) is 18.1. The molecule has 0 radical (unpaired) electrons. The summed E-state index contributed by atoms with van der Waals surface area (Å²) < 4.78 is 29.4. The van der Waals surface area contributed by atoms with E-state index in [1.54, 1.807) is 18.3 Å². The molecule has 11 heteroatoms. The molecule has 3 aromatic heterocycles. The minimum absolute atomic E-state index is 0.0374. The van der Waals surface area contributed by atoms with E-state index < -0.39 is 9.84 Å². The Morgan fingerprint density at radius 3 is 2.50 bits per heavy atom. The molecular weight excluding hydrogens is 458 g/mol. The van der Waals surface area contributed by atoms with Crippen molar-refractivity contribution in [2.75, 3.05) is 6.26 Å². The highest BCUT2D eigenvalue weighted by Crippen LogP contribution is 2.32. The van der Waals surface area contributed by atoms with Gasteiger partial charge < -0.3 is 9.72 Å². The number of aromatic nitrogens is 4. The molecule has 1 N–H and O–H groups in total. The molecule has 1 fully saturated rings. The standard InChI is InChI=1S/C23H19N5O5S/c1-34(31,32)20-6-5-15(12-25-20)33-19-11-18-17(26-23(27-18)16-4-2-3-9-24-16)10-14(19)13-28-21(29)7-8-22(28)30/h2-6,9-12H,7-8,13H2,1H3,(H,26,27). The van der Waals surface area contributed by atoms with Crippen molar-refractivity contribution in [3.63, 3.8) is 0 Å². The molecule has 10 nitrogen and oxygen atoms in total. The largest absolute Gasteiger partial charge is 0.455 e. The number of fused-ring (bicyclic) bond motifs is 1. The van der Waals surface area contributed by atoms with Crippen LogP contribution < -0.4 is 4.74 Å². The number of hydrogen-bond acceptors (Lipinski definition) is 8. The topological polar surface area (TPSA) is 135 Å². The number of imide groups is 1. The highest BCUT2D eigenvalue weighted by molar-refractivity contribution is 7.90. The van der Waals surface area contributed by atoms with E-state index in [-0.39, 0.29) is 36.2 Å². The summed E-state index contributed by atoms with van der Waals surface area (Å²) in [5.74, 6) is 0.745. The Hall–Kier alpha value is -4.12. The maximum Gasteiger partial charge on any atom is 0.230 e. The molecule has 4 heterocycles. The van der Waals surface area contributed by atoms with Gasteiger partial charge >= 0.3 is 0 Å². The molecule has 4 aromatic rings. The average Bonchev–Trinajstić information content (AvgIpc) is 3.37. The third kappa shape index (κ3) is 4.25. The minimum Gasteiger partial charge on any atom is -0.455 e. The molecule has 2 amide bonds. The first-order valence-electron chi connectivity index (χ1n) is 10.4. The zero-order chi connectivity index (χ0) is 23.9. The average molecular weight is 478 g/mol. The first kappa shape index (κ1) is 21.7. The Morgan fingerprint density at radius 2 is 1.85 bits per heavy atom. The van der Waals surface area contributed by atoms with E-state index in [1.165, 1.54) is 23.2 Å². The van der Waals surface area contributed by atoms with E-state index in [9.17, 15) is 18.0 Å². The van der Waals surface area contributed by atoms with Crippen molar-refractivity contribution in [1.29, 1.82) is 0 Å². The van der Waals surface area contributed by atoms with Crippen LogP contribution in [0.15, 0.2) is 59.9 Å². The lowest BCUT2D eigenvalue weighted by Crippen LogP contribution is -2.28. The van der Waals surface area contributed by atoms with Gasteiger partial charge in [0.25, 0.3) is 0 Å². The van der Waals surface area contributed by atoms with Crippen LogP contribution in [0.5, 0.6) is 11.5 Å². The second-order valence-corrected chi connectivity index (χ2v) is 9.82. The Morgan fingerprint density at radius 1 is 1.06 bits per heavy atom. The fraction of sp³-hybridized carbons (Fsp3) is 0.174. The van der Waals surface area contributed by atoms with Gasteiger partial charge in [-0.25, -0.2) is 18.4 Å². The van der Waals surface area contributed by atoms with Gasteiger partial charge in [-0.1, -0.05) is 6.07 Å². The number of pyridine rings is 2. The van der Waals surface area contributed by atoms with Gasteiger partial charge in [-0.3, -0.25) is 19.5 Å². The summed E-state index contributed by atoms with van der Waals surface area (Å²) in [6.07, 6.45) is 4.41. The molecule has 34 heavy (non-hydrogen) atoms. The number of nitrogens with one attached hydrogen (secondary N) is 1. The van der Waals surface area contributed by atoms with Crippen LogP contribution in [0.1, 0.15) is 18.4 Å². The quantitative estimate of drug-likeness (QED) is 0.419. The van der Waals surface area contributed by atoms with E-state index in [0.717, 1.165) is 6.26 Å². The molecule has 1 aliphatic rings. The Balaban J connectivity index is 1.55. The first-order chi connectivity index (χ1) is 16.3. The number of amides is 2. The number of hydrogen-bond donors (Lipinski definition) is 1. The number of nitrogens with zero attached hydrogens (tertiary/aromatic N) is 4. The van der Waals surface area contributed by atoms with Crippen LogP contribution in [-0.2, 0) is 26.0 Å². The van der Waals surface area contributed by atoms with Crippen LogP contribution in [0.25, 0.3) is 22.6 Å². The summed E-state index contributed by atoms with van der Waals surface area (Å²) in [4.78, 5) is 41.7. The molecule has 0 aliphatic carbocycles. The van der Waals surface area contributed by atoms with Gasteiger partial charge in [0.2, 0.25) is 11.8 Å². The Kier molecular flexibility index (Phi) is 5.33. The monoisotopic (exact) mass is 477 g/mol. The fourth-order valence-corrected chi connectivity index (χ4v) is 4.23. The number of imidazole rings is 1. The summed E-state index contributed by atoms with van der Waals surface area (Å²) in [6, 6.07) is 11.8. The number of sulfone groups is 1. The van der Waals surface area contributed by atoms with Crippen LogP contribution in [-0.4, -0.2) is 51.3 Å². The molecule has 5 rings (SSSR count). The van der Waals surface area contributed by atoms with E-state index >= 15 is 0 Å². The predicted molar refractivity (Wildman–Crippen MR) is 122 cm³/mol. The first-order valence-corrected chi connectivity index (χ1v) is 12.3. The summed E-state index contributed by atoms with van der Waals surface area (Å²) in [6.45, 7) is 0.0374. The molecule has 1 saturated heterocycles. The van der Waals surface area contributed by atoms with Crippen molar-refractivity contribution in [3.05, 3.63) is 60.4 Å². The van der Waals surface area contributed by atoms with Crippen LogP contribution in [0, 0.1) is 0 Å². The molecule has 0 atom stereocenters. The van der Waals surface area contributed by atoms with Gasteiger partial charge in [0.1, 0.15) is 17.2 Å². The number of carbonyl (C=O) groups is 2. The van der Waals surface area contributed by atoms with Gasteiger partial charge in [0.15, 0.2) is 20.7 Å². The lowest BCUT2D eigenvalue weighted by atomic mass is 10.1. The molecule has 1 aromatic carbocycles. The van der Waals surface area contributed by atoms with Gasteiger partial charge in [-0.05, 0) is 30.3 Å². The molecule has 0 bridgehead atoms. The lowest BCUT2D eigenvalue weighted by molar-refractivity contribution is -0.139. The summed E-state index contributed by atoms with van der Waals surface area (Å²) >= 11 is 0. The molecule has 172 valence electrons. The SMILES string of the molecule is CS(=O)(=O)c1ccc(Oc2cc3nc(-c4ccccn4)[nH]c3cc2CN2C(=O)CCC2=O)cn1. The molecular formula is C23H19N5O5S. The van der Waals surface area contributed by atoms with E-state index in [1.807, 2.05) is 18.2 Å². The normalized spacial score (nSPS) is 14.2. The maximum absolute atomic E-state index is 12.2. The minimum atomic E-state index is -3.45. The predicted octanol–water partition coefficient (Wildman–Crippen LogP) is 2.86. The van der Waals surface area contributed by atoms with Crippen molar-refractivity contribution in [3.8, 4) is 23.0 Å². The third-order valence-corrected chi connectivity index (χ3v) is 6.37. The third-order valence-electron chi connectivity index (χ3n) is 5.37. The van der Waals surface area contributed by atoms with Gasteiger partial charge in [-0.2, -0.15) is 0 Å². The van der Waals surface area contributed by atoms with E-state index in [0.29, 0.717) is 39.6 Å². The number of benzene rings is 1. The van der Waals surface area contributed by atoms with Crippen molar-refractivity contribution in [2.24, 2.45) is 0 Å². The second kappa shape index (κ2) is 8.34. The van der Waals surface area contributed by atoms with Crippen LogP contribution in [0.2, 0.25) is 0 Å². The van der Waals surface area contributed by atoms with Gasteiger partial charge in [-0.15, -0.1) is 0 Å². The maximum atomic E-state index is 12.2. The number of likely N-dealkylation sites (tertiary alicyclic amines) is 1. The number of rotatable bonds is 6. The van der Waals surface area contributed by atoms with Gasteiger partial charge in [0, 0.05) is 36.9 Å². The Bertz CT molecular complexity index is 1500. The highest BCUT2D eigenvalue weighted by Gasteiger charge is 2.30. The molecule has 0 saturated carbocycles. The highest BCUT2D eigenvalue weighted by atomic mass is 32.2. The molecule has 0 unspecified atom stereocenters. The summed E-state index contributed by atoms with van der Waals surface area (Å²) in [5, 5.41) is -0.0731. The van der Waals surface area contributed by atoms with E-state index in [4.69, 9.17) is 4.74 Å². The fourth-order valence-electron chi connectivity index (χ4n) is 3.67. The van der Waals surface area contributed by atoms with Crippen molar-refractivity contribution < 1.29 is 22.7 Å². The number of carbonyl (C=O) groups excluding carboxylic acids is 2. The van der Waals surface area contributed by atoms with Crippen LogP contribution in [0.4, 0.5) is 0 Å². The Labute approximate surface area is 194 Å². The van der Waals surface area contributed by atoms with Crippen molar-refractivity contribution in [2.45, 2.75) is 24.4 Å².